The first kappa shape index (κ1) is 31.9. The number of unbranched alkanes of at least 4 members (excludes halogenated alkanes) is 1. The monoisotopic (exact) mass is 696 g/mol. The maximum Gasteiger partial charge on any atom is 0.119 e. The van der Waals surface area contributed by atoms with Crippen LogP contribution >= 0.6 is 0 Å². The fourth-order valence-electron chi connectivity index (χ4n) is 7.87. The summed E-state index contributed by atoms with van der Waals surface area (Å²) in [5.41, 5.74) is 4.02. The third-order valence-electron chi connectivity index (χ3n) is 10.6. The lowest BCUT2D eigenvalue weighted by Gasteiger charge is -2.12. The van der Waals surface area contributed by atoms with Crippen molar-refractivity contribution >= 4 is 88.4 Å². The van der Waals surface area contributed by atoms with Gasteiger partial charge in [0.2, 0.25) is 0 Å². The largest absolute Gasteiger partial charge is 0.494 e. The molecule has 0 amide bonds. The zero-order valence-electron chi connectivity index (χ0n) is 29.7. The molecule has 0 fully saturated rings. The first-order valence-corrected chi connectivity index (χ1v) is 18.6. The van der Waals surface area contributed by atoms with Gasteiger partial charge < -0.3 is 9.47 Å². The molecular formula is C50H36N2O2. The molecule has 0 aliphatic carbocycles. The molecule has 0 aliphatic rings. The molecule has 54 heavy (non-hydrogen) atoms. The molecule has 0 saturated heterocycles. The molecule has 0 unspecified atom stereocenters. The quantitative estimate of drug-likeness (QED) is 0.0767. The zero-order chi connectivity index (χ0) is 35.8. The highest BCUT2D eigenvalue weighted by molar-refractivity contribution is 6.26. The molecule has 0 bridgehead atoms. The topological polar surface area (TPSA) is 43.2 Å². The van der Waals surface area contributed by atoms with Crippen molar-refractivity contribution in [2.75, 3.05) is 13.2 Å². The van der Waals surface area contributed by atoms with Crippen LogP contribution in [0.1, 0.15) is 24.0 Å². The van der Waals surface area contributed by atoms with Crippen molar-refractivity contribution in [1.29, 1.82) is 0 Å². The molecule has 0 aliphatic heterocycles. The molecule has 10 aromatic carbocycles. The van der Waals surface area contributed by atoms with Crippen LogP contribution in [0.2, 0.25) is 0 Å². The van der Waals surface area contributed by atoms with E-state index in [2.05, 4.69) is 109 Å². The summed E-state index contributed by atoms with van der Waals surface area (Å²) in [7, 11) is 0. The third kappa shape index (κ3) is 5.92. The second-order valence-corrected chi connectivity index (χ2v) is 13.9. The van der Waals surface area contributed by atoms with Gasteiger partial charge in [0.1, 0.15) is 11.5 Å². The van der Waals surface area contributed by atoms with E-state index < -0.39 is 0 Å². The van der Waals surface area contributed by atoms with E-state index in [9.17, 15) is 0 Å². The van der Waals surface area contributed by atoms with Gasteiger partial charge in [-0.15, -0.1) is 0 Å². The Morgan fingerprint density at radius 1 is 0.352 bits per heavy atom. The number of hydrogen-bond donors (Lipinski definition) is 0. The van der Waals surface area contributed by atoms with E-state index in [1.54, 1.807) is 0 Å². The number of hydrogen-bond acceptors (Lipinski definition) is 4. The average molecular weight is 697 g/mol. The Hall–Kier alpha value is -6.78. The van der Waals surface area contributed by atoms with Crippen LogP contribution in [-0.4, -0.2) is 25.6 Å². The average Bonchev–Trinajstić information content (AvgIpc) is 3.23. The van der Waals surface area contributed by atoms with Crippen LogP contribution in [0.4, 0.5) is 11.4 Å². The van der Waals surface area contributed by atoms with Gasteiger partial charge in [0.25, 0.3) is 0 Å². The van der Waals surface area contributed by atoms with Gasteiger partial charge in [0, 0.05) is 23.6 Å². The van der Waals surface area contributed by atoms with E-state index in [1.165, 1.54) is 64.6 Å². The van der Waals surface area contributed by atoms with Crippen LogP contribution in [0.5, 0.6) is 11.5 Å². The molecule has 0 radical (unpaired) electrons. The molecular weight excluding hydrogens is 661 g/mol. The maximum atomic E-state index is 6.01. The highest BCUT2D eigenvalue weighted by Crippen LogP contribution is 2.37. The number of nitrogens with zero attached hydrogens (tertiary/aromatic N) is 2. The van der Waals surface area contributed by atoms with Crippen LogP contribution < -0.4 is 9.47 Å². The fourth-order valence-corrected chi connectivity index (χ4v) is 7.87. The summed E-state index contributed by atoms with van der Waals surface area (Å²) in [6.45, 7) is 1.26. The Morgan fingerprint density at radius 2 is 0.704 bits per heavy atom. The third-order valence-corrected chi connectivity index (χ3v) is 10.6. The first-order chi connectivity index (χ1) is 26.7. The number of aliphatic imine (C=N–C) groups is 2. The molecule has 0 N–H and O–H groups in total. The Morgan fingerprint density at radius 3 is 1.11 bits per heavy atom. The van der Waals surface area contributed by atoms with Crippen LogP contribution in [-0.2, 0) is 0 Å². The Labute approximate surface area is 313 Å². The summed E-state index contributed by atoms with van der Waals surface area (Å²) >= 11 is 0. The Kier molecular flexibility index (Phi) is 8.07. The van der Waals surface area contributed by atoms with Gasteiger partial charge >= 0.3 is 0 Å². The van der Waals surface area contributed by atoms with Crippen molar-refractivity contribution < 1.29 is 9.47 Å². The molecule has 0 aromatic heterocycles. The van der Waals surface area contributed by atoms with Crippen molar-refractivity contribution in [3.8, 4) is 11.5 Å². The predicted octanol–water partition coefficient (Wildman–Crippen LogP) is 13.2. The summed E-state index contributed by atoms with van der Waals surface area (Å²) < 4.78 is 12.0. The summed E-state index contributed by atoms with van der Waals surface area (Å²) in [4.78, 5) is 9.60. The lowest BCUT2D eigenvalue weighted by molar-refractivity contribution is 0.266. The summed E-state index contributed by atoms with van der Waals surface area (Å²) in [6.07, 6.45) is 5.74. The summed E-state index contributed by atoms with van der Waals surface area (Å²) in [6, 6.07) is 55.4. The summed E-state index contributed by atoms with van der Waals surface area (Å²) in [5, 5.41) is 15.3. The van der Waals surface area contributed by atoms with E-state index in [1.807, 2.05) is 61.0 Å². The van der Waals surface area contributed by atoms with E-state index >= 15 is 0 Å². The standard InChI is InChI=1S/C50H36N2O2/c1(29-53-43-23-19-41(20-24-43)51-31-39-15-13-37-11-9-33-5-3-7-35-17-27-45(39)49(37)47(33)35)2-30-54-44-25-21-42(22-26-44)52-32-40-16-14-38-12-10-34-6-4-8-36-18-28-46(40)50(38)48(34)36/h3-28,31-32H,1-2,29-30H2. The number of rotatable bonds is 11. The summed E-state index contributed by atoms with van der Waals surface area (Å²) in [5.74, 6) is 1.69. The van der Waals surface area contributed by atoms with Crippen molar-refractivity contribution in [3.63, 3.8) is 0 Å². The van der Waals surface area contributed by atoms with Crippen molar-refractivity contribution in [2.45, 2.75) is 12.8 Å². The van der Waals surface area contributed by atoms with E-state index in [4.69, 9.17) is 19.5 Å². The maximum absolute atomic E-state index is 6.01. The molecule has 4 heteroatoms. The van der Waals surface area contributed by atoms with Gasteiger partial charge in [0.05, 0.1) is 24.6 Å². The fraction of sp³-hybridized carbons (Fsp3) is 0.0800. The van der Waals surface area contributed by atoms with Crippen LogP contribution in [0.3, 0.4) is 0 Å². The predicted molar refractivity (Wildman–Crippen MR) is 228 cm³/mol. The molecule has 10 aromatic rings. The number of ether oxygens (including phenoxy) is 2. The Balaban J connectivity index is 0.708. The molecule has 4 nitrogen and oxygen atoms in total. The SMILES string of the molecule is C(=Nc1ccc(OCCCCOc2ccc(N=Cc3ccc4ccc5cccc6ccc3c4c56)cc2)cc1)c1ccc2ccc3cccc4ccc1c2c34. The zero-order valence-corrected chi connectivity index (χ0v) is 29.7. The van der Waals surface area contributed by atoms with Crippen LogP contribution in [0.15, 0.2) is 168 Å². The highest BCUT2D eigenvalue weighted by Gasteiger charge is 2.11. The van der Waals surface area contributed by atoms with Gasteiger partial charge in [-0.25, -0.2) is 0 Å². The van der Waals surface area contributed by atoms with Crippen LogP contribution in [0, 0.1) is 0 Å². The minimum absolute atomic E-state index is 0.630. The number of benzene rings is 10. The van der Waals surface area contributed by atoms with Gasteiger partial charge in [-0.3, -0.25) is 9.98 Å². The van der Waals surface area contributed by atoms with E-state index in [-0.39, 0.29) is 0 Å². The van der Waals surface area contributed by atoms with Crippen molar-refractivity contribution in [2.24, 2.45) is 9.98 Å². The second kappa shape index (κ2) is 13.6. The van der Waals surface area contributed by atoms with Crippen LogP contribution in [0.25, 0.3) is 64.6 Å². The minimum Gasteiger partial charge on any atom is -0.494 e. The van der Waals surface area contributed by atoms with Gasteiger partial charge in [-0.2, -0.15) is 0 Å². The smallest absolute Gasteiger partial charge is 0.119 e. The van der Waals surface area contributed by atoms with Gasteiger partial charge in [-0.1, -0.05) is 109 Å². The molecule has 0 saturated carbocycles. The Bertz CT molecular complexity index is 2740. The van der Waals surface area contributed by atoms with Gasteiger partial charge in [0.15, 0.2) is 0 Å². The normalized spacial score (nSPS) is 12.2. The lowest BCUT2D eigenvalue weighted by Crippen LogP contribution is -2.02. The van der Waals surface area contributed by atoms with E-state index in [0.29, 0.717) is 13.2 Å². The molecule has 258 valence electrons. The first-order valence-electron chi connectivity index (χ1n) is 18.6. The molecule has 0 atom stereocenters. The highest BCUT2D eigenvalue weighted by atomic mass is 16.5. The van der Waals surface area contributed by atoms with E-state index in [0.717, 1.165) is 46.8 Å². The molecule has 0 spiro atoms. The van der Waals surface area contributed by atoms with Crippen molar-refractivity contribution in [3.05, 3.63) is 169 Å². The second-order valence-electron chi connectivity index (χ2n) is 13.9. The molecule has 10 rings (SSSR count). The molecule has 0 heterocycles. The minimum atomic E-state index is 0.630. The van der Waals surface area contributed by atoms with Crippen molar-refractivity contribution in [1.82, 2.24) is 0 Å². The van der Waals surface area contributed by atoms with Gasteiger partial charge in [-0.05, 0) is 126 Å². The lowest BCUT2D eigenvalue weighted by atomic mass is 9.92.